The monoisotopic (exact) mass is 675 g/mol. The van der Waals surface area contributed by atoms with Crippen LogP contribution in [0.4, 0.5) is 0 Å². The van der Waals surface area contributed by atoms with E-state index in [1.165, 1.54) is 33.0 Å². The predicted molar refractivity (Wildman–Crippen MR) is 226 cm³/mol. The second-order valence-electron chi connectivity index (χ2n) is 13.6. The van der Waals surface area contributed by atoms with Crippen LogP contribution in [-0.2, 0) is 11.8 Å². The van der Waals surface area contributed by atoms with Crippen molar-refractivity contribution in [2.45, 2.75) is 44.1 Å². The third-order valence-electron chi connectivity index (χ3n) is 10.2. The van der Waals surface area contributed by atoms with Gasteiger partial charge < -0.3 is 5.73 Å². The Morgan fingerprint density at radius 1 is 0.769 bits per heavy atom. The maximum Gasteiger partial charge on any atom is 0.0551 e. The first-order chi connectivity index (χ1) is 25.4. The van der Waals surface area contributed by atoms with Gasteiger partial charge in [0.15, 0.2) is 0 Å². The molecule has 0 radical (unpaired) electrons. The molecule has 1 nitrogen and oxygen atoms in total. The lowest BCUT2D eigenvalue weighted by molar-refractivity contribution is 0.623. The Kier molecular flexibility index (Phi) is 11.8. The van der Waals surface area contributed by atoms with Gasteiger partial charge in [-0.05, 0) is 104 Å². The summed E-state index contributed by atoms with van der Waals surface area (Å²) >= 11 is 0. The molecule has 0 amide bonds. The van der Waals surface area contributed by atoms with Crippen LogP contribution in [0, 0.1) is 0 Å². The van der Waals surface area contributed by atoms with Crippen LogP contribution in [0.1, 0.15) is 60.0 Å². The van der Waals surface area contributed by atoms with Gasteiger partial charge in [0.25, 0.3) is 0 Å². The van der Waals surface area contributed by atoms with Crippen molar-refractivity contribution in [2.75, 3.05) is 0 Å². The van der Waals surface area contributed by atoms with Gasteiger partial charge in [0.2, 0.25) is 0 Å². The quantitative estimate of drug-likeness (QED) is 0.131. The molecule has 2 atom stereocenters. The van der Waals surface area contributed by atoms with Crippen molar-refractivity contribution >= 4 is 16.3 Å². The fourth-order valence-corrected chi connectivity index (χ4v) is 7.30. The topological polar surface area (TPSA) is 26.0 Å². The molecule has 0 heterocycles. The second kappa shape index (κ2) is 17.0. The van der Waals surface area contributed by atoms with E-state index in [-0.39, 0.29) is 6.04 Å². The van der Waals surface area contributed by atoms with Crippen LogP contribution in [0.2, 0.25) is 0 Å². The van der Waals surface area contributed by atoms with E-state index < -0.39 is 5.41 Å². The molecular weight excluding hydrogens is 627 g/mol. The van der Waals surface area contributed by atoms with Gasteiger partial charge in [-0.25, -0.2) is 0 Å². The summed E-state index contributed by atoms with van der Waals surface area (Å²) in [6.45, 7) is 15.6. The standard InChI is InChI=1S/C51H49N/c1-5-7-9-10-17-32-51(38(3)21-12-8-6-2)39(4)22-18-27-45(36-48-35-41-25-15-16-26-46(41)37-49(48)51)43-29-19-28-42(33-43)44-30-20-31-47(34-44)50(52)40-23-13-11-14-24-40/h5,7,9-31,33-35,37,50H,1,3-4,6,8,32,36,52H2,2H3/b9-7-,17-10-,21-12-,22-18-,45-27+. The molecule has 6 rings (SSSR count). The van der Waals surface area contributed by atoms with E-state index in [0.29, 0.717) is 0 Å². The first-order valence-electron chi connectivity index (χ1n) is 18.3. The highest BCUT2D eigenvalue weighted by Crippen LogP contribution is 2.47. The normalized spacial score (nSPS) is 18.4. The lowest BCUT2D eigenvalue weighted by Crippen LogP contribution is -2.30. The molecule has 1 aliphatic carbocycles. The van der Waals surface area contributed by atoms with Gasteiger partial charge in [0.1, 0.15) is 0 Å². The van der Waals surface area contributed by atoms with Gasteiger partial charge in [0.05, 0.1) is 6.04 Å². The van der Waals surface area contributed by atoms with Crippen molar-refractivity contribution in [3.05, 3.63) is 235 Å². The fraction of sp³-hybridized carbons (Fsp3) is 0.137. The number of nitrogens with two attached hydrogens (primary N) is 1. The zero-order valence-corrected chi connectivity index (χ0v) is 30.3. The van der Waals surface area contributed by atoms with Gasteiger partial charge in [-0.1, -0.05) is 191 Å². The first-order valence-corrected chi connectivity index (χ1v) is 18.3. The first kappa shape index (κ1) is 36.0. The van der Waals surface area contributed by atoms with Crippen LogP contribution in [0.5, 0.6) is 0 Å². The van der Waals surface area contributed by atoms with Gasteiger partial charge in [-0.2, -0.15) is 0 Å². The summed E-state index contributed by atoms with van der Waals surface area (Å²) in [5.74, 6) is 0. The van der Waals surface area contributed by atoms with Crippen molar-refractivity contribution in [2.24, 2.45) is 5.73 Å². The highest BCUT2D eigenvalue weighted by molar-refractivity contribution is 5.86. The van der Waals surface area contributed by atoms with Gasteiger partial charge >= 0.3 is 0 Å². The molecule has 0 aliphatic heterocycles. The molecule has 5 aromatic rings. The number of benzene rings is 5. The molecule has 0 aromatic heterocycles. The summed E-state index contributed by atoms with van der Waals surface area (Å²) in [7, 11) is 0. The van der Waals surface area contributed by atoms with Crippen LogP contribution in [0.3, 0.4) is 0 Å². The number of hydrogen-bond acceptors (Lipinski definition) is 1. The van der Waals surface area contributed by atoms with Crippen molar-refractivity contribution in [3.63, 3.8) is 0 Å². The Hall–Kier alpha value is -5.76. The molecule has 2 unspecified atom stereocenters. The average Bonchev–Trinajstić information content (AvgIpc) is 3.24. The average molecular weight is 676 g/mol. The van der Waals surface area contributed by atoms with E-state index in [1.807, 2.05) is 30.4 Å². The van der Waals surface area contributed by atoms with E-state index in [2.05, 4.69) is 153 Å². The second-order valence-corrected chi connectivity index (χ2v) is 13.6. The molecule has 0 fully saturated rings. The Bertz CT molecular complexity index is 2220. The number of fused-ring (bicyclic) bond motifs is 2. The summed E-state index contributed by atoms with van der Waals surface area (Å²) in [5, 5.41) is 2.44. The Labute approximate surface area is 310 Å². The molecule has 1 aliphatic rings. The lowest BCUT2D eigenvalue weighted by atomic mass is 9.65. The summed E-state index contributed by atoms with van der Waals surface area (Å²) < 4.78 is 0. The molecule has 2 N–H and O–H groups in total. The highest BCUT2D eigenvalue weighted by atomic mass is 14.6. The van der Waals surface area contributed by atoms with Crippen LogP contribution >= 0.6 is 0 Å². The van der Waals surface area contributed by atoms with Gasteiger partial charge in [-0.15, -0.1) is 0 Å². The minimum absolute atomic E-state index is 0.189. The lowest BCUT2D eigenvalue weighted by Gasteiger charge is -2.38. The van der Waals surface area contributed by atoms with Crippen molar-refractivity contribution < 1.29 is 0 Å². The molecule has 0 spiro atoms. The number of hydrogen-bond donors (Lipinski definition) is 1. The van der Waals surface area contributed by atoms with Crippen LogP contribution < -0.4 is 5.73 Å². The van der Waals surface area contributed by atoms with E-state index in [9.17, 15) is 0 Å². The van der Waals surface area contributed by atoms with Crippen LogP contribution in [0.15, 0.2) is 207 Å². The van der Waals surface area contributed by atoms with Gasteiger partial charge in [-0.3, -0.25) is 0 Å². The molecule has 5 aromatic carbocycles. The van der Waals surface area contributed by atoms with E-state index >= 15 is 0 Å². The number of allylic oxidation sites excluding steroid dienone is 13. The van der Waals surface area contributed by atoms with Gasteiger partial charge in [0, 0.05) is 5.41 Å². The van der Waals surface area contributed by atoms with E-state index in [0.717, 1.165) is 59.1 Å². The molecule has 258 valence electrons. The maximum atomic E-state index is 6.74. The third kappa shape index (κ3) is 7.91. The van der Waals surface area contributed by atoms with Crippen LogP contribution in [0.25, 0.3) is 27.5 Å². The predicted octanol–water partition coefficient (Wildman–Crippen LogP) is 13.1. The molecule has 0 saturated carbocycles. The molecule has 0 bridgehead atoms. The zero-order chi connectivity index (χ0) is 36.3. The van der Waals surface area contributed by atoms with Crippen molar-refractivity contribution in [3.8, 4) is 11.1 Å². The van der Waals surface area contributed by atoms with E-state index in [4.69, 9.17) is 18.9 Å². The summed E-state index contributed by atoms with van der Waals surface area (Å²) in [5.41, 5.74) is 17.7. The summed E-state index contributed by atoms with van der Waals surface area (Å²) in [4.78, 5) is 0. The Morgan fingerprint density at radius 3 is 2.23 bits per heavy atom. The molecular formula is C51H49N. The van der Waals surface area contributed by atoms with Crippen LogP contribution in [-0.4, -0.2) is 0 Å². The Balaban J connectivity index is 1.46. The minimum atomic E-state index is -0.540. The smallest absolute Gasteiger partial charge is 0.0551 e. The highest BCUT2D eigenvalue weighted by Gasteiger charge is 2.37. The molecule has 52 heavy (non-hydrogen) atoms. The summed E-state index contributed by atoms with van der Waals surface area (Å²) in [6.07, 6.45) is 24.8. The maximum absolute atomic E-state index is 6.74. The molecule has 0 saturated heterocycles. The van der Waals surface area contributed by atoms with E-state index in [1.54, 1.807) is 6.08 Å². The SMILES string of the molecule is C=C/C=C\C=C/CC1(C(=C)/C=C\CCC)C(=C)/C=C\C=C(\c2cccc(-c3cccc(C(N)c4ccccc4)c3)c2)Cc2cc3ccccc3cc21. The van der Waals surface area contributed by atoms with Crippen molar-refractivity contribution in [1.29, 1.82) is 0 Å². The minimum Gasteiger partial charge on any atom is -0.320 e. The summed E-state index contributed by atoms with van der Waals surface area (Å²) in [6, 6.07) is 41.1. The Morgan fingerprint density at radius 2 is 1.46 bits per heavy atom. The fourth-order valence-electron chi connectivity index (χ4n) is 7.30. The number of unbranched alkanes of at least 4 members (excludes halogenated alkanes) is 1. The number of rotatable bonds is 12. The third-order valence-corrected chi connectivity index (χ3v) is 10.2. The largest absolute Gasteiger partial charge is 0.320 e. The zero-order valence-electron chi connectivity index (χ0n) is 30.3. The van der Waals surface area contributed by atoms with Crippen molar-refractivity contribution in [1.82, 2.24) is 0 Å². The molecule has 1 heteroatoms.